The van der Waals surface area contributed by atoms with Gasteiger partial charge < -0.3 is 24.5 Å². The highest BCUT2D eigenvalue weighted by molar-refractivity contribution is 6.30. The number of carbonyl (C=O) groups is 1. The molecule has 2 N–H and O–H groups in total. The van der Waals surface area contributed by atoms with Crippen LogP contribution in [0.1, 0.15) is 45.0 Å². The highest BCUT2D eigenvalue weighted by Gasteiger charge is 2.27. The molecule has 10 heteroatoms. The zero-order valence-electron chi connectivity index (χ0n) is 17.0. The van der Waals surface area contributed by atoms with Crippen molar-refractivity contribution in [3.63, 3.8) is 0 Å². The smallest absolute Gasteiger partial charge is 0.414 e. The van der Waals surface area contributed by atoms with E-state index in [-0.39, 0.29) is 41.4 Å². The van der Waals surface area contributed by atoms with E-state index in [1.807, 2.05) is 0 Å². The van der Waals surface area contributed by atoms with Crippen molar-refractivity contribution in [2.24, 2.45) is 5.92 Å². The maximum atomic E-state index is 13.4. The molecule has 2 aromatic rings. The SMILES string of the molecule is CC(C)CCOc1nnc([C@H]2CC[C@H](NC(=O)COc3ccc(Cl)c(F)c3)CN2)o1. The molecule has 1 aromatic heterocycles. The quantitative estimate of drug-likeness (QED) is 0.617. The zero-order valence-corrected chi connectivity index (χ0v) is 17.7. The van der Waals surface area contributed by atoms with E-state index in [0.717, 1.165) is 25.3 Å². The summed E-state index contributed by atoms with van der Waals surface area (Å²) in [5.74, 6) is 0.391. The maximum absolute atomic E-state index is 13.4. The molecule has 8 nitrogen and oxygen atoms in total. The summed E-state index contributed by atoms with van der Waals surface area (Å²) in [5, 5.41) is 14.2. The van der Waals surface area contributed by atoms with Crippen molar-refractivity contribution in [3.05, 3.63) is 34.9 Å². The Bertz CT molecular complexity index is 840. The molecule has 0 bridgehead atoms. The van der Waals surface area contributed by atoms with Crippen LogP contribution in [-0.2, 0) is 4.79 Å². The van der Waals surface area contributed by atoms with Crippen molar-refractivity contribution >= 4 is 17.5 Å². The molecule has 30 heavy (non-hydrogen) atoms. The first kappa shape index (κ1) is 22.3. The second-order valence-electron chi connectivity index (χ2n) is 7.60. The number of halogens is 2. The lowest BCUT2D eigenvalue weighted by Gasteiger charge is -2.28. The van der Waals surface area contributed by atoms with Gasteiger partial charge in [0.15, 0.2) is 6.61 Å². The fourth-order valence-electron chi connectivity index (χ4n) is 2.98. The van der Waals surface area contributed by atoms with Crippen LogP contribution in [0.2, 0.25) is 5.02 Å². The van der Waals surface area contributed by atoms with E-state index in [9.17, 15) is 9.18 Å². The highest BCUT2D eigenvalue weighted by atomic mass is 35.5. The summed E-state index contributed by atoms with van der Waals surface area (Å²) in [4.78, 5) is 12.1. The summed E-state index contributed by atoms with van der Waals surface area (Å²) in [6.45, 7) is 5.12. The molecule has 3 rings (SSSR count). The molecule has 0 aliphatic carbocycles. The third kappa shape index (κ3) is 6.56. The average molecular weight is 441 g/mol. The van der Waals surface area contributed by atoms with Gasteiger partial charge >= 0.3 is 6.08 Å². The minimum atomic E-state index is -0.591. The van der Waals surface area contributed by atoms with E-state index in [1.54, 1.807) is 0 Å². The van der Waals surface area contributed by atoms with Gasteiger partial charge in [-0.3, -0.25) is 4.79 Å². The van der Waals surface area contributed by atoms with Gasteiger partial charge in [-0.05, 0) is 37.3 Å². The minimum absolute atomic E-state index is 0.00474. The molecule has 1 aromatic carbocycles. The van der Waals surface area contributed by atoms with Gasteiger partial charge in [0.05, 0.1) is 17.7 Å². The normalized spacial score (nSPS) is 19.0. The molecule has 1 aliphatic rings. The van der Waals surface area contributed by atoms with Gasteiger partial charge in [0.1, 0.15) is 11.6 Å². The first-order valence-electron chi connectivity index (χ1n) is 9.97. The molecule has 164 valence electrons. The van der Waals surface area contributed by atoms with Crippen LogP contribution in [-0.4, -0.2) is 41.9 Å². The number of benzene rings is 1. The second-order valence-corrected chi connectivity index (χ2v) is 8.01. The second kappa shape index (κ2) is 10.6. The number of aromatic nitrogens is 2. The van der Waals surface area contributed by atoms with Crippen LogP contribution in [0.25, 0.3) is 0 Å². The van der Waals surface area contributed by atoms with Crippen LogP contribution in [0.3, 0.4) is 0 Å². The molecule has 2 atom stereocenters. The van der Waals surface area contributed by atoms with E-state index in [4.69, 9.17) is 25.5 Å². The Morgan fingerprint density at radius 2 is 2.20 bits per heavy atom. The number of piperidine rings is 1. The summed E-state index contributed by atoms with van der Waals surface area (Å²) < 4.78 is 29.8. The fourth-order valence-corrected chi connectivity index (χ4v) is 3.09. The number of rotatable bonds is 9. The molecule has 1 aliphatic heterocycles. The number of nitrogens with one attached hydrogen (secondary N) is 2. The lowest BCUT2D eigenvalue weighted by atomic mass is 10.0. The molecule has 1 amide bonds. The van der Waals surface area contributed by atoms with Crippen molar-refractivity contribution in [2.45, 2.75) is 45.2 Å². The number of hydrogen-bond acceptors (Lipinski definition) is 7. The molecular weight excluding hydrogens is 415 g/mol. The molecule has 0 spiro atoms. The van der Waals surface area contributed by atoms with Gasteiger partial charge in [0.2, 0.25) is 5.89 Å². The summed E-state index contributed by atoms with van der Waals surface area (Å²) >= 11 is 5.62. The molecule has 1 saturated heterocycles. The molecule has 0 saturated carbocycles. The Labute approximate surface area is 179 Å². The highest BCUT2D eigenvalue weighted by Crippen LogP contribution is 2.24. The fraction of sp³-hybridized carbons (Fsp3) is 0.550. The van der Waals surface area contributed by atoms with Gasteiger partial charge in [0, 0.05) is 18.7 Å². The van der Waals surface area contributed by atoms with Crippen molar-refractivity contribution in [1.29, 1.82) is 0 Å². The summed E-state index contributed by atoms with van der Waals surface area (Å²) in [6, 6.07) is 3.91. The molecule has 0 radical (unpaired) electrons. The minimum Gasteiger partial charge on any atom is -0.484 e. The van der Waals surface area contributed by atoms with Gasteiger partial charge in [-0.25, -0.2) is 4.39 Å². The Balaban J connectivity index is 1.38. The number of nitrogens with zero attached hydrogens (tertiary/aromatic N) is 2. The summed E-state index contributed by atoms with van der Waals surface area (Å²) in [6.07, 6.45) is 2.56. The van der Waals surface area contributed by atoms with Crippen LogP contribution < -0.4 is 20.1 Å². The van der Waals surface area contributed by atoms with E-state index in [0.29, 0.717) is 25.0 Å². The Hall–Kier alpha value is -2.39. The van der Waals surface area contributed by atoms with Gasteiger partial charge in [-0.1, -0.05) is 30.5 Å². The van der Waals surface area contributed by atoms with Crippen LogP contribution >= 0.6 is 11.6 Å². The van der Waals surface area contributed by atoms with Gasteiger partial charge in [-0.15, -0.1) is 5.10 Å². The largest absolute Gasteiger partial charge is 0.484 e. The monoisotopic (exact) mass is 440 g/mol. The first-order chi connectivity index (χ1) is 14.4. The predicted molar refractivity (Wildman–Crippen MR) is 108 cm³/mol. The number of hydrogen-bond donors (Lipinski definition) is 2. The van der Waals surface area contributed by atoms with Crippen molar-refractivity contribution in [1.82, 2.24) is 20.8 Å². The zero-order chi connectivity index (χ0) is 21.5. The van der Waals surface area contributed by atoms with E-state index in [1.165, 1.54) is 12.1 Å². The van der Waals surface area contributed by atoms with Crippen LogP contribution in [0.5, 0.6) is 11.8 Å². The average Bonchev–Trinajstić information content (AvgIpc) is 3.18. The third-order valence-electron chi connectivity index (χ3n) is 4.68. The Kier molecular flexibility index (Phi) is 7.87. The van der Waals surface area contributed by atoms with Crippen molar-refractivity contribution in [2.75, 3.05) is 19.8 Å². The van der Waals surface area contributed by atoms with E-state index in [2.05, 4.69) is 34.7 Å². The number of ether oxygens (including phenoxy) is 2. The predicted octanol–water partition coefficient (Wildman–Crippen LogP) is 3.28. The van der Waals surface area contributed by atoms with Crippen LogP contribution in [0, 0.1) is 11.7 Å². The van der Waals surface area contributed by atoms with Crippen LogP contribution in [0.4, 0.5) is 4.39 Å². The third-order valence-corrected chi connectivity index (χ3v) is 4.99. The number of carbonyl (C=O) groups excluding carboxylic acids is 1. The lowest BCUT2D eigenvalue weighted by Crippen LogP contribution is -2.48. The maximum Gasteiger partial charge on any atom is 0.414 e. The Morgan fingerprint density at radius 1 is 1.37 bits per heavy atom. The molecule has 0 unspecified atom stereocenters. The molecular formula is C20H26ClFN4O4. The van der Waals surface area contributed by atoms with Crippen molar-refractivity contribution in [3.8, 4) is 11.8 Å². The van der Waals surface area contributed by atoms with Crippen molar-refractivity contribution < 1.29 is 23.1 Å². The van der Waals surface area contributed by atoms with E-state index >= 15 is 0 Å². The lowest BCUT2D eigenvalue weighted by molar-refractivity contribution is -0.124. The standard InChI is InChI=1S/C20H26ClFN4O4/c1-12(2)7-8-28-20-26-25-19(30-20)17-6-3-13(10-23-17)24-18(27)11-29-14-4-5-15(21)16(22)9-14/h4-5,9,12-13,17,23H,3,6-8,10-11H2,1-2H3,(H,24,27)/t13-,17+/m0/s1. The summed E-state index contributed by atoms with van der Waals surface area (Å²) in [7, 11) is 0. The molecule has 1 fully saturated rings. The first-order valence-corrected chi connectivity index (χ1v) is 10.3. The molecule has 2 heterocycles. The summed E-state index contributed by atoms with van der Waals surface area (Å²) in [5.41, 5.74) is 0. The Morgan fingerprint density at radius 3 is 2.90 bits per heavy atom. The van der Waals surface area contributed by atoms with Crippen LogP contribution in [0.15, 0.2) is 22.6 Å². The van der Waals surface area contributed by atoms with Gasteiger partial charge in [-0.2, -0.15) is 0 Å². The van der Waals surface area contributed by atoms with Gasteiger partial charge in [0.25, 0.3) is 5.91 Å². The topological polar surface area (TPSA) is 98.5 Å². The van der Waals surface area contributed by atoms with E-state index < -0.39 is 5.82 Å². The number of amides is 1.